The van der Waals surface area contributed by atoms with Crippen LogP contribution in [0.5, 0.6) is 0 Å². The number of aryl methyl sites for hydroxylation is 1. The van der Waals surface area contributed by atoms with Crippen LogP contribution in [0.25, 0.3) is 0 Å². The molecule has 1 aliphatic rings. The van der Waals surface area contributed by atoms with E-state index in [0.29, 0.717) is 6.54 Å². The Balaban J connectivity index is 2.50. The Morgan fingerprint density at radius 1 is 1.33 bits per heavy atom. The molecule has 118 valence electrons. The van der Waals surface area contributed by atoms with Crippen molar-refractivity contribution in [2.45, 2.75) is 56.9 Å². The standard InChI is InChI=1S/C15H23FN2O2S/c1-3-13-7-5-4-6-8-18(13)21(19,20)14-10-12(17)9-11(2)15(14)16/h9-10,13H,3-8,17H2,1-2H3. The van der Waals surface area contributed by atoms with E-state index in [1.54, 1.807) is 0 Å². The highest BCUT2D eigenvalue weighted by atomic mass is 32.2. The summed E-state index contributed by atoms with van der Waals surface area (Å²) in [5.74, 6) is -0.691. The lowest BCUT2D eigenvalue weighted by atomic mass is 10.1. The summed E-state index contributed by atoms with van der Waals surface area (Å²) in [6.07, 6.45) is 4.42. The van der Waals surface area contributed by atoms with Crippen molar-refractivity contribution in [3.63, 3.8) is 0 Å². The third-order valence-electron chi connectivity index (χ3n) is 4.12. The number of hydrogen-bond acceptors (Lipinski definition) is 3. The molecule has 4 nitrogen and oxygen atoms in total. The van der Waals surface area contributed by atoms with E-state index in [0.717, 1.165) is 32.1 Å². The minimum absolute atomic E-state index is 0.0568. The monoisotopic (exact) mass is 314 g/mol. The van der Waals surface area contributed by atoms with E-state index in [4.69, 9.17) is 5.73 Å². The van der Waals surface area contributed by atoms with Gasteiger partial charge in [0.1, 0.15) is 10.7 Å². The highest BCUT2D eigenvalue weighted by Gasteiger charge is 2.33. The molecule has 0 spiro atoms. The summed E-state index contributed by atoms with van der Waals surface area (Å²) in [5, 5.41) is 0. The molecular weight excluding hydrogens is 291 g/mol. The first-order valence-electron chi connectivity index (χ1n) is 7.45. The molecule has 1 saturated heterocycles. The van der Waals surface area contributed by atoms with E-state index in [-0.39, 0.29) is 22.2 Å². The van der Waals surface area contributed by atoms with Crippen molar-refractivity contribution in [2.24, 2.45) is 0 Å². The molecule has 1 heterocycles. The van der Waals surface area contributed by atoms with Crippen LogP contribution >= 0.6 is 0 Å². The zero-order valence-corrected chi connectivity index (χ0v) is 13.4. The van der Waals surface area contributed by atoms with Crippen molar-refractivity contribution in [1.29, 1.82) is 0 Å². The Hall–Kier alpha value is -1.14. The van der Waals surface area contributed by atoms with Crippen LogP contribution in [0.15, 0.2) is 17.0 Å². The minimum atomic E-state index is -3.84. The molecule has 2 rings (SSSR count). The maximum absolute atomic E-state index is 14.3. The number of halogens is 1. The fourth-order valence-corrected chi connectivity index (χ4v) is 4.89. The second-order valence-electron chi connectivity index (χ2n) is 5.68. The molecule has 0 aromatic heterocycles. The molecule has 1 aromatic rings. The van der Waals surface area contributed by atoms with Crippen molar-refractivity contribution >= 4 is 15.7 Å². The van der Waals surface area contributed by atoms with E-state index in [9.17, 15) is 12.8 Å². The number of benzene rings is 1. The van der Waals surface area contributed by atoms with Gasteiger partial charge in [0.05, 0.1) is 0 Å². The zero-order valence-electron chi connectivity index (χ0n) is 12.6. The second kappa shape index (κ2) is 6.32. The van der Waals surface area contributed by atoms with Crippen LogP contribution in [0.4, 0.5) is 10.1 Å². The number of anilines is 1. The molecule has 0 amide bonds. The van der Waals surface area contributed by atoms with Crippen LogP contribution in [0.1, 0.15) is 44.6 Å². The number of nitrogen functional groups attached to an aromatic ring is 1. The summed E-state index contributed by atoms with van der Waals surface area (Å²) in [6, 6.07) is 2.63. The van der Waals surface area contributed by atoms with E-state index in [1.807, 2.05) is 6.92 Å². The molecule has 21 heavy (non-hydrogen) atoms. The van der Waals surface area contributed by atoms with Gasteiger partial charge in [-0.05, 0) is 43.9 Å². The second-order valence-corrected chi connectivity index (χ2v) is 7.54. The Bertz CT molecular complexity index is 616. The highest BCUT2D eigenvalue weighted by molar-refractivity contribution is 7.89. The number of hydrogen-bond donors (Lipinski definition) is 1. The number of rotatable bonds is 3. The van der Waals surface area contributed by atoms with E-state index >= 15 is 0 Å². The lowest BCUT2D eigenvalue weighted by molar-refractivity contribution is 0.313. The number of sulfonamides is 1. The first kappa shape index (κ1) is 16.2. The number of nitrogens with zero attached hydrogens (tertiary/aromatic N) is 1. The Kier molecular flexibility index (Phi) is 4.88. The van der Waals surface area contributed by atoms with Crippen LogP contribution in [-0.2, 0) is 10.0 Å². The summed E-state index contributed by atoms with van der Waals surface area (Å²) >= 11 is 0. The van der Waals surface area contributed by atoms with Crippen LogP contribution in [0.3, 0.4) is 0 Å². The summed E-state index contributed by atoms with van der Waals surface area (Å²) < 4.78 is 41.5. The fourth-order valence-electron chi connectivity index (χ4n) is 2.95. The van der Waals surface area contributed by atoms with Gasteiger partial charge in [0.2, 0.25) is 10.0 Å². The average Bonchev–Trinajstić information content (AvgIpc) is 2.68. The van der Waals surface area contributed by atoms with Gasteiger partial charge in [-0.2, -0.15) is 4.31 Å². The van der Waals surface area contributed by atoms with Gasteiger partial charge >= 0.3 is 0 Å². The first-order chi connectivity index (χ1) is 9.87. The van der Waals surface area contributed by atoms with Crippen molar-refractivity contribution in [3.05, 3.63) is 23.5 Å². The van der Waals surface area contributed by atoms with Gasteiger partial charge in [-0.1, -0.05) is 19.8 Å². The molecule has 0 radical (unpaired) electrons. The van der Waals surface area contributed by atoms with E-state index < -0.39 is 15.8 Å². The average molecular weight is 314 g/mol. The van der Waals surface area contributed by atoms with Crippen LogP contribution in [0, 0.1) is 12.7 Å². The molecule has 0 saturated carbocycles. The third kappa shape index (κ3) is 3.21. The van der Waals surface area contributed by atoms with Gasteiger partial charge in [0, 0.05) is 18.3 Å². The minimum Gasteiger partial charge on any atom is -0.399 e. The molecule has 1 unspecified atom stereocenters. The molecule has 0 aliphatic carbocycles. The largest absolute Gasteiger partial charge is 0.399 e. The fraction of sp³-hybridized carbons (Fsp3) is 0.600. The van der Waals surface area contributed by atoms with E-state index in [2.05, 4.69) is 0 Å². The van der Waals surface area contributed by atoms with Crippen molar-refractivity contribution in [1.82, 2.24) is 4.31 Å². The summed E-state index contributed by atoms with van der Waals surface area (Å²) in [6.45, 7) is 3.96. The first-order valence-corrected chi connectivity index (χ1v) is 8.89. The summed E-state index contributed by atoms with van der Waals surface area (Å²) in [7, 11) is -3.84. The maximum atomic E-state index is 14.3. The van der Waals surface area contributed by atoms with Gasteiger partial charge in [0.15, 0.2) is 0 Å². The van der Waals surface area contributed by atoms with Gasteiger partial charge in [-0.25, -0.2) is 12.8 Å². The predicted octanol–water partition coefficient (Wildman–Crippen LogP) is 3.06. The Morgan fingerprint density at radius 2 is 2.05 bits per heavy atom. The zero-order chi connectivity index (χ0) is 15.6. The molecule has 1 fully saturated rings. The van der Waals surface area contributed by atoms with Gasteiger partial charge in [0.25, 0.3) is 0 Å². The Labute approximate surface area is 126 Å². The van der Waals surface area contributed by atoms with Gasteiger partial charge in [-0.3, -0.25) is 0 Å². The van der Waals surface area contributed by atoms with Gasteiger partial charge in [-0.15, -0.1) is 0 Å². The lowest BCUT2D eigenvalue weighted by Gasteiger charge is -2.28. The van der Waals surface area contributed by atoms with Crippen molar-refractivity contribution in [3.8, 4) is 0 Å². The number of nitrogens with two attached hydrogens (primary N) is 1. The molecule has 2 N–H and O–H groups in total. The van der Waals surface area contributed by atoms with Crippen LogP contribution in [0.2, 0.25) is 0 Å². The molecule has 1 atom stereocenters. The highest BCUT2D eigenvalue weighted by Crippen LogP contribution is 2.29. The third-order valence-corrected chi connectivity index (χ3v) is 6.08. The van der Waals surface area contributed by atoms with Gasteiger partial charge < -0.3 is 5.73 Å². The Morgan fingerprint density at radius 3 is 2.71 bits per heavy atom. The smallest absolute Gasteiger partial charge is 0.246 e. The van der Waals surface area contributed by atoms with Crippen LogP contribution in [-0.4, -0.2) is 25.3 Å². The van der Waals surface area contributed by atoms with Crippen LogP contribution < -0.4 is 5.73 Å². The summed E-state index contributed by atoms with van der Waals surface area (Å²) in [5.41, 5.74) is 6.24. The summed E-state index contributed by atoms with van der Waals surface area (Å²) in [4.78, 5) is -0.291. The maximum Gasteiger partial charge on any atom is 0.246 e. The van der Waals surface area contributed by atoms with Crippen molar-refractivity contribution in [2.75, 3.05) is 12.3 Å². The van der Waals surface area contributed by atoms with E-state index in [1.165, 1.54) is 23.4 Å². The topological polar surface area (TPSA) is 63.4 Å². The molecule has 0 bridgehead atoms. The molecule has 1 aliphatic heterocycles. The molecular formula is C15H23FN2O2S. The SMILES string of the molecule is CCC1CCCCCN1S(=O)(=O)c1cc(N)cc(C)c1F. The quantitative estimate of drug-likeness (QED) is 0.872. The van der Waals surface area contributed by atoms with Crippen molar-refractivity contribution < 1.29 is 12.8 Å². The lowest BCUT2D eigenvalue weighted by Crippen LogP contribution is -2.40. The molecule has 1 aromatic carbocycles. The predicted molar refractivity (Wildman–Crippen MR) is 82.0 cm³/mol. The molecule has 6 heteroatoms. The normalized spacial score (nSPS) is 21.2.